The summed E-state index contributed by atoms with van der Waals surface area (Å²) in [6.07, 6.45) is -0.987. The number of aliphatic hydroxyl groups is 1. The van der Waals surface area contributed by atoms with Crippen molar-refractivity contribution in [1.82, 2.24) is 37.2 Å². The van der Waals surface area contributed by atoms with Crippen molar-refractivity contribution in [3.63, 3.8) is 0 Å². The molecule has 0 radical (unpaired) electrons. The second kappa shape index (κ2) is 31.1. The van der Waals surface area contributed by atoms with E-state index in [0.717, 1.165) is 10.8 Å². The summed E-state index contributed by atoms with van der Waals surface area (Å²) in [6.45, 7) is 1.49. The van der Waals surface area contributed by atoms with E-state index in [0.29, 0.717) is 35.1 Å². The van der Waals surface area contributed by atoms with Crippen molar-refractivity contribution in [3.8, 4) is 0 Å². The number of nitrogens with two attached hydrogens (primary N) is 2. The Balaban J connectivity index is 1.45. The summed E-state index contributed by atoms with van der Waals surface area (Å²) in [5.41, 5.74) is 14.4. The molecule has 5 aromatic carbocycles. The molecule has 0 heterocycles. The van der Waals surface area contributed by atoms with Gasteiger partial charge in [-0.25, -0.2) is 4.79 Å². The summed E-state index contributed by atoms with van der Waals surface area (Å²) in [6, 6.07) is 28.7. The van der Waals surface area contributed by atoms with Crippen molar-refractivity contribution >= 4 is 83.3 Å². The monoisotopic (exact) mass is 1090 g/mol. The van der Waals surface area contributed by atoms with Crippen molar-refractivity contribution < 1.29 is 48.6 Å². The number of carboxylic acids is 1. The zero-order valence-electron chi connectivity index (χ0n) is 42.7. The smallest absolute Gasteiger partial charge is 0.327 e. The van der Waals surface area contributed by atoms with Gasteiger partial charge in [0.2, 0.25) is 41.4 Å². The Morgan fingerprint density at radius 2 is 0.844 bits per heavy atom. The Morgan fingerprint density at radius 1 is 0.455 bits per heavy atom. The normalized spacial score (nSPS) is 14.6. The van der Waals surface area contributed by atoms with Gasteiger partial charge in [-0.05, 0) is 65.8 Å². The van der Waals surface area contributed by atoms with Crippen LogP contribution in [0.3, 0.4) is 0 Å². The van der Waals surface area contributed by atoms with Gasteiger partial charge in [-0.3, -0.25) is 33.6 Å². The molecule has 0 saturated heterocycles. The zero-order valence-corrected chi connectivity index (χ0v) is 44.5. The Kier molecular flexibility index (Phi) is 24.4. The zero-order chi connectivity index (χ0) is 55.9. The molecule has 9 atom stereocenters. The molecule has 7 amide bonds. The first-order chi connectivity index (χ1) is 37.0. The van der Waals surface area contributed by atoms with Gasteiger partial charge in [-0.15, -0.1) is 0 Å². The van der Waals surface area contributed by atoms with Gasteiger partial charge in [0.15, 0.2) is 0 Å². The van der Waals surface area contributed by atoms with Crippen LogP contribution in [0.2, 0.25) is 0 Å². The number of fused-ring (bicyclic) bond motifs is 1. The van der Waals surface area contributed by atoms with Crippen LogP contribution < -0.4 is 48.7 Å². The number of aliphatic hydroxyl groups excluding tert-OH is 1. The number of carbonyl (C=O) groups is 8. The fourth-order valence-corrected chi connectivity index (χ4v) is 8.72. The van der Waals surface area contributed by atoms with Gasteiger partial charge in [0.25, 0.3) is 0 Å². The largest absolute Gasteiger partial charge is 0.480 e. The quantitative estimate of drug-likeness (QED) is 0.0229. The second-order valence-electron chi connectivity index (χ2n) is 18.6. The van der Waals surface area contributed by atoms with Crippen molar-refractivity contribution in [3.05, 3.63) is 156 Å². The number of benzene rings is 5. The molecule has 0 aromatic heterocycles. The number of rotatable bonds is 30. The Morgan fingerprint density at radius 3 is 1.27 bits per heavy atom. The number of carboxylic acid groups (broad SMARTS) is 1. The average molecular weight is 1090 g/mol. The molecule has 0 saturated carbocycles. The molecule has 13 N–H and O–H groups in total. The van der Waals surface area contributed by atoms with Crippen molar-refractivity contribution in [1.29, 1.82) is 0 Å². The SMILES string of the molecule is C[C@@H](O)[C@H](NC(=O)[C@H](CCCCN)NC(=O)[C@@H](Cc1ccc2ccccc2c1)NC(=O)[C@H](Cc1ccccc1)NC(=O)[C@H](Cc1ccccc1)NC(=O)[C@@H](N)CS)C(=O)N[C@@H](Cc1ccccc1)C(=O)N[C@@H](CS)C(=O)O. The lowest BCUT2D eigenvalue weighted by atomic mass is 9.99. The standard InChI is InChI=1S/C56H69N9O10S2/c1-34(66)48(55(73)63-45(30-37-19-9-4-10-20-37)54(72)64-47(33-77)56(74)75)65-50(68)42(23-13-14-26-57)59-51(69)46(31-38-24-25-39-21-11-12-22-40(39)27-38)62-53(71)44(29-36-17-7-3-8-18-36)61-52(70)43(60-49(67)41(58)32-76)28-35-15-5-2-6-16-35/h2-12,15-22,24-25,27,34,41-48,66,76-77H,13-14,23,26,28-33,57-58H2,1H3,(H,59,69)(H,60,67)(H,61,70)(H,62,71)(H,63,73)(H,64,72)(H,65,68)(H,74,75)/t34-,41+,42+,43+,44+,45+,46-,47+,48+/m1/s1. The van der Waals surface area contributed by atoms with Gasteiger partial charge in [0.05, 0.1) is 12.1 Å². The van der Waals surface area contributed by atoms with Crippen LogP contribution in [-0.4, -0.2) is 130 Å². The minimum absolute atomic E-state index is 0.00201. The molecule has 0 spiro atoms. The van der Waals surface area contributed by atoms with Crippen LogP contribution in [0.5, 0.6) is 0 Å². The lowest BCUT2D eigenvalue weighted by Crippen LogP contribution is -2.62. The highest BCUT2D eigenvalue weighted by molar-refractivity contribution is 7.80. The van der Waals surface area contributed by atoms with E-state index in [9.17, 15) is 48.6 Å². The molecule has 0 bridgehead atoms. The Hall–Kier alpha value is -7.30. The first-order valence-corrected chi connectivity index (χ1v) is 26.6. The Labute approximate surface area is 458 Å². The number of unbranched alkanes of at least 4 members (excludes halogenated alkanes) is 1. The van der Waals surface area contributed by atoms with E-state index in [1.54, 1.807) is 97.1 Å². The molecule has 77 heavy (non-hydrogen) atoms. The van der Waals surface area contributed by atoms with Crippen molar-refractivity contribution in [2.45, 2.75) is 106 Å². The number of hydrogen-bond donors (Lipinski definition) is 13. The van der Waals surface area contributed by atoms with Crippen LogP contribution in [0.1, 0.15) is 48.4 Å². The number of aliphatic carboxylic acids is 1. The fraction of sp³-hybridized carbons (Fsp3) is 0.357. The first-order valence-electron chi connectivity index (χ1n) is 25.3. The second-order valence-corrected chi connectivity index (χ2v) is 19.4. The maximum Gasteiger partial charge on any atom is 0.327 e. The molecule has 19 nitrogen and oxygen atoms in total. The summed E-state index contributed by atoms with van der Waals surface area (Å²) in [5.74, 6) is -7.26. The third-order valence-electron chi connectivity index (χ3n) is 12.6. The fourth-order valence-electron chi connectivity index (χ4n) is 8.31. The third kappa shape index (κ3) is 19.3. The Bertz CT molecular complexity index is 2760. The first kappa shape index (κ1) is 60.6. The lowest BCUT2D eigenvalue weighted by molar-refractivity contribution is -0.141. The van der Waals surface area contributed by atoms with E-state index >= 15 is 0 Å². The highest BCUT2D eigenvalue weighted by Crippen LogP contribution is 2.18. The number of thiol groups is 2. The van der Waals surface area contributed by atoms with E-state index in [4.69, 9.17) is 11.5 Å². The molecule has 0 aliphatic carbocycles. The minimum Gasteiger partial charge on any atom is -0.480 e. The summed E-state index contributed by atoms with van der Waals surface area (Å²) in [7, 11) is 0. The summed E-state index contributed by atoms with van der Waals surface area (Å²) in [4.78, 5) is 111. The molecule has 5 aromatic rings. The van der Waals surface area contributed by atoms with Gasteiger partial charge in [-0.1, -0.05) is 133 Å². The number of amides is 7. The maximum atomic E-state index is 14.8. The van der Waals surface area contributed by atoms with Gasteiger partial charge in [0, 0.05) is 37.2 Å². The summed E-state index contributed by atoms with van der Waals surface area (Å²) in [5, 5.41) is 40.9. The molecule has 21 heteroatoms. The molecule has 5 rings (SSSR count). The molecule has 0 aliphatic rings. The maximum absolute atomic E-state index is 14.8. The highest BCUT2D eigenvalue weighted by atomic mass is 32.1. The summed E-state index contributed by atoms with van der Waals surface area (Å²) >= 11 is 8.17. The third-order valence-corrected chi connectivity index (χ3v) is 13.4. The van der Waals surface area contributed by atoms with E-state index < -0.39 is 102 Å². The minimum atomic E-state index is -1.69. The molecule has 0 unspecified atom stereocenters. The van der Waals surface area contributed by atoms with Crippen LogP contribution in [0.4, 0.5) is 0 Å². The van der Waals surface area contributed by atoms with Crippen LogP contribution in [0, 0.1) is 0 Å². The molecular formula is C56H69N9O10S2. The van der Waals surface area contributed by atoms with Gasteiger partial charge in [-0.2, -0.15) is 25.3 Å². The molecule has 0 aliphatic heterocycles. The highest BCUT2D eigenvalue weighted by Gasteiger charge is 2.36. The number of carbonyl (C=O) groups excluding carboxylic acids is 7. The van der Waals surface area contributed by atoms with E-state index in [-0.39, 0.29) is 50.2 Å². The van der Waals surface area contributed by atoms with Crippen LogP contribution in [-0.2, 0) is 64.0 Å². The molecule has 410 valence electrons. The van der Waals surface area contributed by atoms with Gasteiger partial charge in [0.1, 0.15) is 42.3 Å². The van der Waals surface area contributed by atoms with Crippen LogP contribution in [0.15, 0.2) is 133 Å². The predicted molar refractivity (Wildman–Crippen MR) is 300 cm³/mol. The van der Waals surface area contributed by atoms with Crippen LogP contribution >= 0.6 is 25.3 Å². The molecular weight excluding hydrogens is 1020 g/mol. The average Bonchev–Trinajstić information content (AvgIpc) is 3.42. The summed E-state index contributed by atoms with van der Waals surface area (Å²) < 4.78 is 0. The van der Waals surface area contributed by atoms with E-state index in [1.807, 2.05) is 36.4 Å². The van der Waals surface area contributed by atoms with Crippen molar-refractivity contribution in [2.75, 3.05) is 18.1 Å². The van der Waals surface area contributed by atoms with Crippen LogP contribution in [0.25, 0.3) is 10.8 Å². The predicted octanol–water partition coefficient (Wildman–Crippen LogP) is 1.29. The van der Waals surface area contributed by atoms with Crippen molar-refractivity contribution in [2.24, 2.45) is 11.5 Å². The topological polar surface area (TPSA) is 313 Å². The van der Waals surface area contributed by atoms with E-state index in [1.165, 1.54) is 6.92 Å². The van der Waals surface area contributed by atoms with Gasteiger partial charge < -0.3 is 58.9 Å². The number of nitrogens with one attached hydrogen (secondary N) is 7. The molecule has 0 fully saturated rings. The van der Waals surface area contributed by atoms with E-state index in [2.05, 4.69) is 62.5 Å². The van der Waals surface area contributed by atoms with Gasteiger partial charge >= 0.3 is 5.97 Å². The number of hydrogen-bond acceptors (Lipinski definition) is 13. The lowest BCUT2D eigenvalue weighted by Gasteiger charge is -2.29.